The van der Waals surface area contributed by atoms with Gasteiger partial charge in [0.15, 0.2) is 0 Å². The fourth-order valence-corrected chi connectivity index (χ4v) is 2.61. The van der Waals surface area contributed by atoms with Crippen LogP contribution in [0.15, 0.2) is 30.3 Å². The number of carbonyl (C=O) groups is 2. The first-order chi connectivity index (χ1) is 9.50. The maximum absolute atomic E-state index is 12.1. The maximum Gasteiger partial charge on any atom is 0.307 e. The van der Waals surface area contributed by atoms with Gasteiger partial charge in [0.05, 0.1) is 11.8 Å². The molecule has 0 spiro atoms. The number of nitrogens with one attached hydrogen (secondary N) is 1. The van der Waals surface area contributed by atoms with Gasteiger partial charge in [-0.3, -0.25) is 9.59 Å². The van der Waals surface area contributed by atoms with E-state index in [-0.39, 0.29) is 23.8 Å². The highest BCUT2D eigenvalue weighted by Crippen LogP contribution is 2.34. The molecule has 0 saturated heterocycles. The second-order valence-electron chi connectivity index (χ2n) is 5.63. The van der Waals surface area contributed by atoms with Crippen molar-refractivity contribution in [2.75, 3.05) is 0 Å². The summed E-state index contributed by atoms with van der Waals surface area (Å²) in [6.07, 6.45) is 1.28. The summed E-state index contributed by atoms with van der Waals surface area (Å²) >= 11 is 0. The lowest BCUT2D eigenvalue weighted by molar-refractivity contribution is -0.153. The van der Waals surface area contributed by atoms with Gasteiger partial charge in [-0.2, -0.15) is 0 Å². The lowest BCUT2D eigenvalue weighted by Crippen LogP contribution is -2.47. The summed E-state index contributed by atoms with van der Waals surface area (Å²) < 4.78 is 0. The zero-order valence-corrected chi connectivity index (χ0v) is 11.9. The highest BCUT2D eigenvalue weighted by Gasteiger charge is 2.41. The third-order valence-corrected chi connectivity index (χ3v) is 4.37. The average molecular weight is 275 g/mol. The first-order valence-electron chi connectivity index (χ1n) is 7.09. The zero-order chi connectivity index (χ0) is 14.7. The van der Waals surface area contributed by atoms with E-state index < -0.39 is 11.9 Å². The SMILES string of the molecule is CC(NC(=O)C1CCC1C(=O)O)C(C)c1ccccc1. The average Bonchev–Trinajstić information content (AvgIpc) is 2.36. The summed E-state index contributed by atoms with van der Waals surface area (Å²) in [6, 6.07) is 9.98. The van der Waals surface area contributed by atoms with Gasteiger partial charge in [0.1, 0.15) is 0 Å². The monoisotopic (exact) mass is 275 g/mol. The van der Waals surface area contributed by atoms with Gasteiger partial charge in [0.2, 0.25) is 5.91 Å². The number of hydrogen-bond acceptors (Lipinski definition) is 2. The number of aliphatic carboxylic acids is 1. The Kier molecular flexibility index (Phi) is 4.42. The van der Waals surface area contributed by atoms with E-state index in [0.29, 0.717) is 12.8 Å². The quantitative estimate of drug-likeness (QED) is 0.867. The van der Waals surface area contributed by atoms with Crippen molar-refractivity contribution >= 4 is 11.9 Å². The summed E-state index contributed by atoms with van der Waals surface area (Å²) in [7, 11) is 0. The van der Waals surface area contributed by atoms with Crippen LogP contribution < -0.4 is 5.32 Å². The van der Waals surface area contributed by atoms with E-state index in [0.717, 1.165) is 0 Å². The summed E-state index contributed by atoms with van der Waals surface area (Å²) in [5, 5.41) is 12.0. The standard InChI is InChI=1S/C16H21NO3/c1-10(12-6-4-3-5-7-12)11(2)17-15(18)13-8-9-14(13)16(19)20/h3-7,10-11,13-14H,8-9H2,1-2H3,(H,17,18)(H,19,20). The molecule has 1 fully saturated rings. The molecule has 2 N–H and O–H groups in total. The molecule has 1 aliphatic rings. The molecule has 1 aromatic carbocycles. The third-order valence-electron chi connectivity index (χ3n) is 4.37. The highest BCUT2D eigenvalue weighted by molar-refractivity contribution is 5.86. The van der Waals surface area contributed by atoms with E-state index in [9.17, 15) is 9.59 Å². The lowest BCUT2D eigenvalue weighted by Gasteiger charge is -2.33. The van der Waals surface area contributed by atoms with E-state index in [1.165, 1.54) is 5.56 Å². The van der Waals surface area contributed by atoms with E-state index in [1.807, 2.05) is 37.3 Å². The molecule has 0 radical (unpaired) electrons. The van der Waals surface area contributed by atoms with Crippen molar-refractivity contribution in [3.05, 3.63) is 35.9 Å². The van der Waals surface area contributed by atoms with Crippen molar-refractivity contribution in [2.45, 2.75) is 38.6 Å². The van der Waals surface area contributed by atoms with E-state index in [4.69, 9.17) is 5.11 Å². The van der Waals surface area contributed by atoms with Gasteiger partial charge in [0.25, 0.3) is 0 Å². The highest BCUT2D eigenvalue weighted by atomic mass is 16.4. The Labute approximate surface area is 119 Å². The smallest absolute Gasteiger partial charge is 0.307 e. The minimum atomic E-state index is -0.861. The Balaban J connectivity index is 1.93. The summed E-state index contributed by atoms with van der Waals surface area (Å²) in [4.78, 5) is 23.1. The molecular weight excluding hydrogens is 254 g/mol. The molecule has 4 nitrogen and oxygen atoms in total. The fraction of sp³-hybridized carbons (Fsp3) is 0.500. The van der Waals surface area contributed by atoms with Gasteiger partial charge in [-0.15, -0.1) is 0 Å². The molecule has 4 atom stereocenters. The van der Waals surface area contributed by atoms with E-state index >= 15 is 0 Å². The summed E-state index contributed by atoms with van der Waals surface area (Å²) in [5.41, 5.74) is 1.17. The van der Waals surface area contributed by atoms with Crippen LogP contribution in [0.25, 0.3) is 0 Å². The Hall–Kier alpha value is -1.84. The number of amides is 1. The number of benzene rings is 1. The van der Waals surface area contributed by atoms with Crippen molar-refractivity contribution in [3.8, 4) is 0 Å². The van der Waals surface area contributed by atoms with Crippen LogP contribution in [0.4, 0.5) is 0 Å². The molecule has 4 unspecified atom stereocenters. The van der Waals surface area contributed by atoms with Gasteiger partial charge < -0.3 is 10.4 Å². The molecule has 0 aromatic heterocycles. The van der Waals surface area contributed by atoms with Crippen LogP contribution in [-0.2, 0) is 9.59 Å². The molecule has 4 heteroatoms. The Bertz CT molecular complexity index is 486. The van der Waals surface area contributed by atoms with Crippen LogP contribution in [0, 0.1) is 11.8 Å². The second-order valence-corrected chi connectivity index (χ2v) is 5.63. The molecule has 108 valence electrons. The Morgan fingerprint density at radius 3 is 2.25 bits per heavy atom. The predicted octanol–water partition coefficient (Wildman–Crippen LogP) is 2.41. The van der Waals surface area contributed by atoms with Gasteiger partial charge in [-0.05, 0) is 25.3 Å². The van der Waals surface area contributed by atoms with E-state index in [2.05, 4.69) is 12.2 Å². The molecule has 1 aromatic rings. The van der Waals surface area contributed by atoms with Crippen molar-refractivity contribution in [2.24, 2.45) is 11.8 Å². The predicted molar refractivity (Wildman–Crippen MR) is 76.3 cm³/mol. The lowest BCUT2D eigenvalue weighted by atomic mass is 9.73. The van der Waals surface area contributed by atoms with Crippen LogP contribution in [0.2, 0.25) is 0 Å². The number of carbonyl (C=O) groups excluding carboxylic acids is 1. The molecule has 0 bridgehead atoms. The Morgan fingerprint density at radius 1 is 1.15 bits per heavy atom. The molecule has 1 aliphatic carbocycles. The van der Waals surface area contributed by atoms with Crippen LogP contribution in [0.5, 0.6) is 0 Å². The minimum absolute atomic E-state index is 0.0139. The van der Waals surface area contributed by atoms with Crippen molar-refractivity contribution < 1.29 is 14.7 Å². The van der Waals surface area contributed by atoms with E-state index in [1.54, 1.807) is 0 Å². The first kappa shape index (κ1) is 14.6. The maximum atomic E-state index is 12.1. The second kappa shape index (κ2) is 6.07. The third kappa shape index (κ3) is 3.00. The molecule has 0 aliphatic heterocycles. The van der Waals surface area contributed by atoms with Gasteiger partial charge in [0, 0.05) is 12.0 Å². The summed E-state index contributed by atoms with van der Waals surface area (Å²) in [5.74, 6) is -1.66. The zero-order valence-electron chi connectivity index (χ0n) is 11.9. The van der Waals surface area contributed by atoms with Crippen LogP contribution in [0.1, 0.15) is 38.2 Å². The number of carboxylic acid groups (broad SMARTS) is 1. The molecular formula is C16H21NO3. The van der Waals surface area contributed by atoms with Crippen molar-refractivity contribution in [1.82, 2.24) is 5.32 Å². The van der Waals surface area contributed by atoms with Crippen LogP contribution >= 0.6 is 0 Å². The van der Waals surface area contributed by atoms with Gasteiger partial charge in [-0.25, -0.2) is 0 Å². The Morgan fingerprint density at radius 2 is 1.75 bits per heavy atom. The normalized spacial score (nSPS) is 24.3. The molecule has 1 saturated carbocycles. The molecule has 2 rings (SSSR count). The fourth-order valence-electron chi connectivity index (χ4n) is 2.61. The number of rotatable bonds is 5. The topological polar surface area (TPSA) is 66.4 Å². The van der Waals surface area contributed by atoms with Gasteiger partial charge >= 0.3 is 5.97 Å². The largest absolute Gasteiger partial charge is 0.481 e. The van der Waals surface area contributed by atoms with Gasteiger partial charge in [-0.1, -0.05) is 37.3 Å². The first-order valence-corrected chi connectivity index (χ1v) is 7.09. The minimum Gasteiger partial charge on any atom is -0.481 e. The van der Waals surface area contributed by atoms with Crippen LogP contribution in [0.3, 0.4) is 0 Å². The molecule has 20 heavy (non-hydrogen) atoms. The number of carboxylic acids is 1. The number of hydrogen-bond donors (Lipinski definition) is 2. The van der Waals surface area contributed by atoms with Crippen molar-refractivity contribution in [1.29, 1.82) is 0 Å². The summed E-state index contributed by atoms with van der Waals surface area (Å²) in [6.45, 7) is 4.03. The molecule has 1 amide bonds. The van der Waals surface area contributed by atoms with Crippen molar-refractivity contribution in [3.63, 3.8) is 0 Å². The molecule has 0 heterocycles. The van der Waals surface area contributed by atoms with Crippen LogP contribution in [-0.4, -0.2) is 23.0 Å².